The summed E-state index contributed by atoms with van der Waals surface area (Å²) in [6.07, 6.45) is 7.82. The van der Waals surface area contributed by atoms with Crippen molar-refractivity contribution in [2.45, 2.75) is 57.9 Å². The highest BCUT2D eigenvalue weighted by molar-refractivity contribution is 5.80. The van der Waals surface area contributed by atoms with Crippen LogP contribution in [0.5, 0.6) is 6.01 Å². The Hall–Kier alpha value is -3.55. The average molecular weight is 444 g/mol. The standard InChI is InChI=1S/C25H29N7O/c1-2-16-33-25-26-23(32(29-25)20-8-4-3-5-9-20)17-18-12-14-19(15-13-18)21-10-6-7-11-22(21)24-27-30-31-28-24/h6-7,10-15,20H,2-5,8-9,16-17H2,1H3,(H,27,28,30,31). The molecule has 2 heterocycles. The molecule has 0 radical (unpaired) electrons. The molecular weight excluding hydrogens is 414 g/mol. The molecule has 33 heavy (non-hydrogen) atoms. The number of nitrogens with one attached hydrogen (secondary N) is 1. The Balaban J connectivity index is 1.39. The van der Waals surface area contributed by atoms with Crippen molar-refractivity contribution in [1.82, 2.24) is 35.4 Å². The van der Waals surface area contributed by atoms with Gasteiger partial charge >= 0.3 is 6.01 Å². The molecule has 5 rings (SSSR count). The van der Waals surface area contributed by atoms with Crippen molar-refractivity contribution in [2.75, 3.05) is 6.61 Å². The molecule has 1 N–H and O–H groups in total. The minimum atomic E-state index is 0.418. The smallest absolute Gasteiger partial charge is 0.335 e. The van der Waals surface area contributed by atoms with Crippen LogP contribution in [0.15, 0.2) is 48.5 Å². The summed E-state index contributed by atoms with van der Waals surface area (Å²) in [6, 6.07) is 17.7. The third-order valence-electron chi connectivity index (χ3n) is 6.19. The molecule has 8 nitrogen and oxygen atoms in total. The number of ether oxygens (including phenoxy) is 1. The van der Waals surface area contributed by atoms with Crippen molar-refractivity contribution in [2.24, 2.45) is 0 Å². The predicted octanol–water partition coefficient (Wildman–Crippen LogP) is 5.01. The van der Waals surface area contributed by atoms with Crippen molar-refractivity contribution in [3.63, 3.8) is 0 Å². The third kappa shape index (κ3) is 4.79. The zero-order chi connectivity index (χ0) is 22.5. The maximum absolute atomic E-state index is 5.77. The Kier molecular flexibility index (Phi) is 6.41. The summed E-state index contributed by atoms with van der Waals surface area (Å²) in [6.45, 7) is 2.74. The van der Waals surface area contributed by atoms with E-state index in [0.717, 1.165) is 48.2 Å². The van der Waals surface area contributed by atoms with Gasteiger partial charge in [0.15, 0.2) is 5.82 Å². The van der Waals surface area contributed by atoms with Crippen LogP contribution < -0.4 is 4.74 Å². The number of aromatic amines is 1. The van der Waals surface area contributed by atoms with E-state index in [-0.39, 0.29) is 0 Å². The second-order valence-corrected chi connectivity index (χ2v) is 8.56. The highest BCUT2D eigenvalue weighted by Crippen LogP contribution is 2.32. The summed E-state index contributed by atoms with van der Waals surface area (Å²) in [5, 5.41) is 19.1. The highest BCUT2D eigenvalue weighted by atomic mass is 16.5. The summed E-state index contributed by atoms with van der Waals surface area (Å²) < 4.78 is 7.90. The lowest BCUT2D eigenvalue weighted by Crippen LogP contribution is -2.17. The fraction of sp³-hybridized carbons (Fsp3) is 0.400. The molecular formula is C25H29N7O. The summed E-state index contributed by atoms with van der Waals surface area (Å²) in [5.41, 5.74) is 4.38. The van der Waals surface area contributed by atoms with Crippen molar-refractivity contribution >= 4 is 0 Å². The van der Waals surface area contributed by atoms with Gasteiger partial charge in [0.25, 0.3) is 0 Å². The van der Waals surface area contributed by atoms with Crippen molar-refractivity contribution in [1.29, 1.82) is 0 Å². The Morgan fingerprint density at radius 2 is 1.79 bits per heavy atom. The SMILES string of the molecule is CCCOc1nc(Cc2ccc(-c3ccccc3-c3nnn[nH]3)cc2)n(C2CCCCC2)n1. The molecule has 2 aromatic heterocycles. The van der Waals surface area contributed by atoms with E-state index in [1.807, 2.05) is 18.2 Å². The Morgan fingerprint density at radius 1 is 1.00 bits per heavy atom. The molecule has 1 fully saturated rings. The van der Waals surface area contributed by atoms with Crippen LogP contribution in [0.4, 0.5) is 0 Å². The van der Waals surface area contributed by atoms with Gasteiger partial charge in [0.2, 0.25) is 0 Å². The fourth-order valence-electron chi connectivity index (χ4n) is 4.53. The molecule has 8 heteroatoms. The lowest BCUT2D eigenvalue weighted by Gasteiger charge is -2.23. The summed E-state index contributed by atoms with van der Waals surface area (Å²) >= 11 is 0. The van der Waals surface area contributed by atoms with Crippen molar-refractivity contribution in [3.05, 3.63) is 59.9 Å². The number of tetrazole rings is 1. The zero-order valence-electron chi connectivity index (χ0n) is 18.9. The first-order valence-corrected chi connectivity index (χ1v) is 11.8. The van der Waals surface area contributed by atoms with E-state index >= 15 is 0 Å². The van der Waals surface area contributed by atoms with E-state index in [2.05, 4.69) is 62.6 Å². The molecule has 0 unspecified atom stereocenters. The minimum absolute atomic E-state index is 0.418. The van der Waals surface area contributed by atoms with Gasteiger partial charge in [0, 0.05) is 12.0 Å². The minimum Gasteiger partial charge on any atom is -0.462 e. The van der Waals surface area contributed by atoms with Gasteiger partial charge < -0.3 is 4.74 Å². The van der Waals surface area contributed by atoms with Crippen LogP contribution in [0.25, 0.3) is 22.5 Å². The maximum Gasteiger partial charge on any atom is 0.335 e. The van der Waals surface area contributed by atoms with Gasteiger partial charge in [-0.25, -0.2) is 9.78 Å². The van der Waals surface area contributed by atoms with Gasteiger partial charge in [0.05, 0.1) is 12.6 Å². The first-order valence-electron chi connectivity index (χ1n) is 11.8. The third-order valence-corrected chi connectivity index (χ3v) is 6.19. The number of hydrogen-bond acceptors (Lipinski definition) is 6. The molecule has 1 saturated carbocycles. The van der Waals surface area contributed by atoms with Crippen molar-refractivity contribution in [3.8, 4) is 28.5 Å². The zero-order valence-corrected chi connectivity index (χ0v) is 18.9. The Bertz CT molecular complexity index is 1160. The molecule has 0 bridgehead atoms. The summed E-state index contributed by atoms with van der Waals surface area (Å²) in [7, 11) is 0. The first kappa shape index (κ1) is 21.3. The number of benzene rings is 2. The lowest BCUT2D eigenvalue weighted by atomic mass is 9.95. The second kappa shape index (κ2) is 9.94. The molecule has 4 aromatic rings. The number of nitrogens with zero attached hydrogens (tertiary/aromatic N) is 6. The largest absolute Gasteiger partial charge is 0.462 e. The van der Waals surface area contributed by atoms with Crippen molar-refractivity contribution < 1.29 is 4.74 Å². The van der Waals surface area contributed by atoms with Crippen LogP contribution in [0.3, 0.4) is 0 Å². The number of H-pyrrole nitrogens is 1. The van der Waals surface area contributed by atoms with Gasteiger partial charge in [-0.05, 0) is 46.4 Å². The van der Waals surface area contributed by atoms with Gasteiger partial charge in [-0.15, -0.1) is 10.2 Å². The van der Waals surface area contributed by atoms with Crippen LogP contribution in [0, 0.1) is 0 Å². The van der Waals surface area contributed by atoms with Gasteiger partial charge in [-0.3, -0.25) is 0 Å². The molecule has 0 spiro atoms. The number of rotatable bonds is 8. The van der Waals surface area contributed by atoms with E-state index in [0.29, 0.717) is 24.5 Å². The monoisotopic (exact) mass is 443 g/mol. The highest BCUT2D eigenvalue weighted by Gasteiger charge is 2.22. The topological polar surface area (TPSA) is 94.4 Å². The predicted molar refractivity (Wildman–Crippen MR) is 126 cm³/mol. The molecule has 0 amide bonds. The quantitative estimate of drug-likeness (QED) is 0.411. The van der Waals surface area contributed by atoms with Crippen LogP contribution in [-0.2, 0) is 6.42 Å². The number of hydrogen-bond donors (Lipinski definition) is 1. The first-order chi connectivity index (χ1) is 16.3. The van der Waals surface area contributed by atoms with Crippen LogP contribution in [0.2, 0.25) is 0 Å². The molecule has 2 aromatic carbocycles. The Morgan fingerprint density at radius 3 is 2.52 bits per heavy atom. The summed E-state index contributed by atoms with van der Waals surface area (Å²) in [4.78, 5) is 4.75. The van der Waals surface area contributed by atoms with Gasteiger partial charge in [-0.1, -0.05) is 74.7 Å². The van der Waals surface area contributed by atoms with E-state index in [1.165, 1.54) is 24.8 Å². The molecule has 1 aliphatic carbocycles. The second-order valence-electron chi connectivity index (χ2n) is 8.56. The maximum atomic E-state index is 5.77. The molecule has 1 aliphatic rings. The van der Waals surface area contributed by atoms with Crippen LogP contribution >= 0.6 is 0 Å². The molecule has 0 saturated heterocycles. The van der Waals surface area contributed by atoms with Crippen LogP contribution in [-0.4, -0.2) is 42.0 Å². The van der Waals surface area contributed by atoms with Gasteiger partial charge in [0.1, 0.15) is 5.82 Å². The van der Waals surface area contributed by atoms with E-state index in [9.17, 15) is 0 Å². The van der Waals surface area contributed by atoms with E-state index in [1.54, 1.807) is 0 Å². The molecule has 0 atom stereocenters. The number of aromatic nitrogens is 7. The normalized spacial score (nSPS) is 14.5. The van der Waals surface area contributed by atoms with Gasteiger partial charge in [-0.2, -0.15) is 4.98 Å². The van der Waals surface area contributed by atoms with E-state index in [4.69, 9.17) is 14.8 Å². The average Bonchev–Trinajstić information content (AvgIpc) is 3.54. The molecule has 170 valence electrons. The van der Waals surface area contributed by atoms with E-state index < -0.39 is 0 Å². The molecule has 0 aliphatic heterocycles. The Labute approximate surface area is 193 Å². The summed E-state index contributed by atoms with van der Waals surface area (Å²) in [5.74, 6) is 1.64. The lowest BCUT2D eigenvalue weighted by molar-refractivity contribution is 0.278. The van der Waals surface area contributed by atoms with Crippen LogP contribution in [0.1, 0.15) is 62.9 Å². The fourth-order valence-corrected chi connectivity index (χ4v) is 4.53.